The van der Waals surface area contributed by atoms with E-state index in [0.717, 1.165) is 0 Å². The number of carbonyl (C=O) groups excluding carboxylic acids is 1. The van der Waals surface area contributed by atoms with Gasteiger partial charge in [-0.3, -0.25) is 4.79 Å². The molecule has 2 aliphatic heterocycles. The van der Waals surface area contributed by atoms with Crippen LogP contribution in [0.1, 0.15) is 6.92 Å². The molecule has 2 saturated heterocycles. The number of ether oxygens (including phenoxy) is 10. The van der Waals surface area contributed by atoms with Crippen molar-refractivity contribution in [2.75, 3.05) is 55.9 Å². The summed E-state index contributed by atoms with van der Waals surface area (Å²) in [5.74, 6) is -0.504. The van der Waals surface area contributed by atoms with Gasteiger partial charge in [-0.25, -0.2) is 0 Å². The van der Waals surface area contributed by atoms with E-state index in [4.69, 9.17) is 47.4 Å². The van der Waals surface area contributed by atoms with Gasteiger partial charge in [0.1, 0.15) is 55.4 Å². The fraction of sp³-hybridized carbons (Fsp3) is 0.950. The molecular formula is C20H36O12. The van der Waals surface area contributed by atoms with E-state index < -0.39 is 67.4 Å². The highest BCUT2D eigenvalue weighted by Gasteiger charge is 2.53. The van der Waals surface area contributed by atoms with Gasteiger partial charge in [-0.2, -0.15) is 0 Å². The second-order valence-electron chi connectivity index (χ2n) is 7.47. The molecule has 12 heteroatoms. The third-order valence-corrected chi connectivity index (χ3v) is 5.63. The molecule has 0 aromatic heterocycles. The van der Waals surface area contributed by atoms with Crippen LogP contribution in [-0.2, 0) is 52.2 Å². The Morgan fingerprint density at radius 1 is 0.719 bits per heavy atom. The Morgan fingerprint density at radius 3 is 1.75 bits per heavy atom. The smallest absolute Gasteiger partial charge is 0.302 e. The van der Waals surface area contributed by atoms with Gasteiger partial charge in [0, 0.05) is 49.6 Å². The van der Waals surface area contributed by atoms with E-state index in [1.54, 1.807) is 14.2 Å². The lowest BCUT2D eigenvalue weighted by Gasteiger charge is -2.48. The van der Waals surface area contributed by atoms with Gasteiger partial charge in [0.05, 0.1) is 6.61 Å². The molecule has 0 saturated carbocycles. The molecule has 0 unspecified atom stereocenters. The highest BCUT2D eigenvalue weighted by Crippen LogP contribution is 2.33. The molecule has 0 bridgehead atoms. The second-order valence-corrected chi connectivity index (χ2v) is 7.47. The van der Waals surface area contributed by atoms with Crippen molar-refractivity contribution in [3.05, 3.63) is 0 Å². The highest BCUT2D eigenvalue weighted by molar-refractivity contribution is 5.65. The Morgan fingerprint density at radius 2 is 1.25 bits per heavy atom. The van der Waals surface area contributed by atoms with E-state index in [1.165, 1.54) is 35.4 Å². The second kappa shape index (κ2) is 13.1. The molecule has 2 fully saturated rings. The minimum atomic E-state index is -1.32. The van der Waals surface area contributed by atoms with E-state index >= 15 is 0 Å². The first-order valence-corrected chi connectivity index (χ1v) is 10.3. The summed E-state index contributed by atoms with van der Waals surface area (Å²) in [7, 11) is 9.01. The average molecular weight is 468 g/mol. The summed E-state index contributed by atoms with van der Waals surface area (Å²) in [6, 6.07) is 0. The molecule has 0 spiro atoms. The van der Waals surface area contributed by atoms with Crippen molar-refractivity contribution < 1.29 is 57.3 Å². The zero-order valence-corrected chi connectivity index (χ0v) is 19.6. The van der Waals surface area contributed by atoms with Gasteiger partial charge in [0.2, 0.25) is 0 Å². The van der Waals surface area contributed by atoms with E-state index in [1.807, 2.05) is 0 Å². The highest BCUT2D eigenvalue weighted by atomic mass is 16.7. The van der Waals surface area contributed by atoms with Crippen molar-refractivity contribution in [3.8, 4) is 0 Å². The van der Waals surface area contributed by atoms with Gasteiger partial charge < -0.3 is 52.5 Å². The van der Waals surface area contributed by atoms with Crippen LogP contribution in [0.25, 0.3) is 0 Å². The molecule has 0 aromatic carbocycles. The number of carbonyl (C=O) groups is 1. The molecule has 0 radical (unpaired) electrons. The van der Waals surface area contributed by atoms with Crippen molar-refractivity contribution >= 4 is 5.97 Å². The predicted octanol–water partition coefficient (Wildman–Crippen LogP) is -0.902. The van der Waals surface area contributed by atoms with Gasteiger partial charge in [-0.1, -0.05) is 0 Å². The van der Waals surface area contributed by atoms with Crippen LogP contribution in [-0.4, -0.2) is 128 Å². The number of methoxy groups -OCH3 is 6. The Bertz CT molecular complexity index is 563. The van der Waals surface area contributed by atoms with Crippen LogP contribution in [0.5, 0.6) is 0 Å². The van der Waals surface area contributed by atoms with Crippen molar-refractivity contribution in [1.82, 2.24) is 0 Å². The molecule has 2 aliphatic rings. The molecule has 32 heavy (non-hydrogen) atoms. The molecular weight excluding hydrogens is 432 g/mol. The quantitative estimate of drug-likeness (QED) is 0.377. The predicted molar refractivity (Wildman–Crippen MR) is 107 cm³/mol. The van der Waals surface area contributed by atoms with Crippen LogP contribution < -0.4 is 0 Å². The van der Waals surface area contributed by atoms with Crippen molar-refractivity contribution in [2.24, 2.45) is 0 Å². The Labute approximate surface area is 188 Å². The molecule has 12 nitrogen and oxygen atoms in total. The molecule has 1 N–H and O–H groups in total. The van der Waals surface area contributed by atoms with E-state index in [9.17, 15) is 9.90 Å². The van der Waals surface area contributed by atoms with Crippen LogP contribution >= 0.6 is 0 Å². The van der Waals surface area contributed by atoms with E-state index in [0.29, 0.717) is 0 Å². The largest absolute Gasteiger partial charge is 0.463 e. The monoisotopic (exact) mass is 468 g/mol. The Kier molecular flexibility index (Phi) is 11.2. The zero-order valence-electron chi connectivity index (χ0n) is 19.6. The standard InChI is InChI=1S/C20H36O12/c1-10(21)29-9-12-14(16(26-5)17(27-6)19(22)30-12)32-20-18(28-7)15(25-4)13(24-3)11(31-20)8-23-2/h11-20,22H,8-9H2,1-7H3/t11-,12-,13-,14-,15+,16+,17-,18+,19+,20-/m1/s1. The summed E-state index contributed by atoms with van der Waals surface area (Å²) in [6.07, 6.45) is -7.83. The number of aliphatic hydroxyl groups excluding tert-OH is 1. The summed E-state index contributed by atoms with van der Waals surface area (Å²) < 4.78 is 56.3. The lowest BCUT2D eigenvalue weighted by Crippen LogP contribution is -2.66. The number of hydrogen-bond donors (Lipinski definition) is 1. The van der Waals surface area contributed by atoms with Crippen molar-refractivity contribution in [3.63, 3.8) is 0 Å². The van der Waals surface area contributed by atoms with Crippen molar-refractivity contribution in [2.45, 2.75) is 68.3 Å². The number of esters is 1. The van der Waals surface area contributed by atoms with Crippen LogP contribution in [0.15, 0.2) is 0 Å². The topological polar surface area (TPSA) is 130 Å². The fourth-order valence-corrected chi connectivity index (χ4v) is 4.15. The molecule has 2 heterocycles. The fourth-order valence-electron chi connectivity index (χ4n) is 4.15. The number of hydrogen-bond acceptors (Lipinski definition) is 12. The number of rotatable bonds is 11. The minimum absolute atomic E-state index is 0.173. The average Bonchev–Trinajstić information content (AvgIpc) is 2.77. The van der Waals surface area contributed by atoms with Gasteiger partial charge in [0.15, 0.2) is 12.6 Å². The Hall–Kier alpha value is -0.930. The minimum Gasteiger partial charge on any atom is -0.463 e. The third-order valence-electron chi connectivity index (χ3n) is 5.63. The molecule has 188 valence electrons. The summed E-state index contributed by atoms with van der Waals surface area (Å²) in [5, 5.41) is 10.4. The van der Waals surface area contributed by atoms with E-state index in [-0.39, 0.29) is 13.2 Å². The summed E-state index contributed by atoms with van der Waals surface area (Å²) in [5.41, 5.74) is 0. The summed E-state index contributed by atoms with van der Waals surface area (Å²) in [4.78, 5) is 11.4. The first-order valence-electron chi connectivity index (χ1n) is 10.3. The van der Waals surface area contributed by atoms with Crippen LogP contribution in [0.2, 0.25) is 0 Å². The van der Waals surface area contributed by atoms with Crippen molar-refractivity contribution in [1.29, 1.82) is 0 Å². The SMILES string of the molecule is COC[C@H]1O[C@H](O[C@H]2[C@H](OC)[C@@H](OC)[C@@H](O)O[C@@H]2COC(C)=O)[C@@H](OC)[C@@H](OC)[C@@H]1OC. The maximum absolute atomic E-state index is 11.4. The molecule has 10 atom stereocenters. The van der Waals surface area contributed by atoms with E-state index in [2.05, 4.69) is 0 Å². The van der Waals surface area contributed by atoms with Gasteiger partial charge in [-0.05, 0) is 0 Å². The summed E-state index contributed by atoms with van der Waals surface area (Å²) >= 11 is 0. The first kappa shape index (κ1) is 27.3. The van der Waals surface area contributed by atoms with Gasteiger partial charge in [-0.15, -0.1) is 0 Å². The lowest BCUT2D eigenvalue weighted by molar-refractivity contribution is -0.363. The normalized spacial score (nSPS) is 40.2. The first-order chi connectivity index (χ1) is 15.4. The zero-order chi connectivity index (χ0) is 23.8. The maximum Gasteiger partial charge on any atom is 0.302 e. The molecule has 0 aromatic rings. The third kappa shape index (κ3) is 6.14. The van der Waals surface area contributed by atoms with Crippen LogP contribution in [0.4, 0.5) is 0 Å². The molecule has 0 amide bonds. The lowest BCUT2D eigenvalue weighted by atomic mass is 9.96. The Balaban J connectivity index is 2.33. The number of aliphatic hydroxyl groups is 1. The van der Waals surface area contributed by atoms with Gasteiger partial charge in [0.25, 0.3) is 0 Å². The summed E-state index contributed by atoms with van der Waals surface area (Å²) in [6.45, 7) is 1.32. The molecule has 2 rings (SSSR count). The van der Waals surface area contributed by atoms with Gasteiger partial charge >= 0.3 is 5.97 Å². The van der Waals surface area contributed by atoms with Crippen LogP contribution in [0.3, 0.4) is 0 Å². The maximum atomic E-state index is 11.4. The molecule has 0 aliphatic carbocycles. The van der Waals surface area contributed by atoms with Crippen LogP contribution in [0, 0.1) is 0 Å².